The summed E-state index contributed by atoms with van der Waals surface area (Å²) in [5, 5.41) is 10.7. The molecule has 0 N–H and O–H groups in total. The highest BCUT2D eigenvalue weighted by Gasteiger charge is 2.05. The second-order valence-electron chi connectivity index (χ2n) is 5.65. The fraction of sp³-hybridized carbons (Fsp3) is 0.100. The second-order valence-corrected chi connectivity index (χ2v) is 5.65. The molecule has 4 aromatic rings. The highest BCUT2D eigenvalue weighted by atomic mass is 16.5. The van der Waals surface area contributed by atoms with Gasteiger partial charge in [-0.2, -0.15) is 0 Å². The van der Waals surface area contributed by atoms with Crippen LogP contribution in [0.3, 0.4) is 0 Å². The first-order chi connectivity index (χ1) is 12.3. The van der Waals surface area contributed by atoms with E-state index in [9.17, 15) is 0 Å². The van der Waals surface area contributed by atoms with Crippen molar-refractivity contribution in [2.45, 2.75) is 6.73 Å². The number of rotatable bonds is 5. The van der Waals surface area contributed by atoms with Crippen LogP contribution in [0.2, 0.25) is 0 Å². The lowest BCUT2D eigenvalue weighted by atomic mass is 10.1. The molecule has 0 spiro atoms. The molecule has 0 saturated heterocycles. The van der Waals surface area contributed by atoms with E-state index in [2.05, 4.69) is 28.5 Å². The number of benzene rings is 3. The van der Waals surface area contributed by atoms with Crippen LogP contribution in [-0.4, -0.2) is 22.1 Å². The van der Waals surface area contributed by atoms with Gasteiger partial charge in [-0.25, -0.2) is 4.68 Å². The Morgan fingerprint density at radius 2 is 1.64 bits per heavy atom. The largest absolute Gasteiger partial charge is 0.497 e. The van der Waals surface area contributed by atoms with Gasteiger partial charge >= 0.3 is 0 Å². The van der Waals surface area contributed by atoms with Gasteiger partial charge in [0, 0.05) is 5.56 Å². The summed E-state index contributed by atoms with van der Waals surface area (Å²) >= 11 is 0. The fourth-order valence-corrected chi connectivity index (χ4v) is 2.65. The predicted octanol–water partition coefficient (Wildman–Crippen LogP) is 4.14. The molecular weight excluding hydrogens is 314 g/mol. The zero-order valence-corrected chi connectivity index (χ0v) is 13.8. The maximum absolute atomic E-state index is 5.83. The molecule has 5 heteroatoms. The molecule has 5 nitrogen and oxygen atoms in total. The fourth-order valence-electron chi connectivity index (χ4n) is 2.65. The van der Waals surface area contributed by atoms with E-state index in [1.165, 1.54) is 5.39 Å². The van der Waals surface area contributed by atoms with Crippen molar-refractivity contribution < 1.29 is 9.47 Å². The zero-order valence-electron chi connectivity index (χ0n) is 13.8. The maximum Gasteiger partial charge on any atom is 0.182 e. The summed E-state index contributed by atoms with van der Waals surface area (Å²) in [4.78, 5) is 0. The molecule has 0 fully saturated rings. The Morgan fingerprint density at radius 3 is 2.44 bits per heavy atom. The van der Waals surface area contributed by atoms with Crippen molar-refractivity contribution in [1.29, 1.82) is 0 Å². The summed E-state index contributed by atoms with van der Waals surface area (Å²) in [6, 6.07) is 21.9. The summed E-state index contributed by atoms with van der Waals surface area (Å²) in [6.45, 7) is 0.307. The summed E-state index contributed by atoms with van der Waals surface area (Å²) in [7, 11) is 1.65. The minimum atomic E-state index is 0.307. The standard InChI is InChI=1S/C20H17N3O2/c1-24-18-9-7-16(8-10-18)20-13-23(22-21-20)14-25-19-11-6-15-4-2-3-5-17(15)12-19/h2-13H,14H2,1H3. The number of methoxy groups -OCH3 is 1. The molecule has 0 bridgehead atoms. The third-order valence-corrected chi connectivity index (χ3v) is 4.01. The lowest BCUT2D eigenvalue weighted by Crippen LogP contribution is -2.05. The molecule has 0 aliphatic rings. The van der Waals surface area contributed by atoms with Crippen molar-refractivity contribution in [2.24, 2.45) is 0 Å². The Balaban J connectivity index is 1.46. The molecule has 3 aromatic carbocycles. The van der Waals surface area contributed by atoms with Crippen LogP contribution >= 0.6 is 0 Å². The number of aromatic nitrogens is 3. The van der Waals surface area contributed by atoms with Crippen LogP contribution in [0.25, 0.3) is 22.0 Å². The molecule has 0 aliphatic carbocycles. The Hall–Kier alpha value is -3.34. The van der Waals surface area contributed by atoms with Crippen LogP contribution < -0.4 is 9.47 Å². The van der Waals surface area contributed by atoms with Gasteiger partial charge in [0.1, 0.15) is 17.2 Å². The Morgan fingerprint density at radius 1 is 0.880 bits per heavy atom. The van der Waals surface area contributed by atoms with Gasteiger partial charge in [0.05, 0.1) is 13.3 Å². The van der Waals surface area contributed by atoms with Crippen molar-refractivity contribution in [2.75, 3.05) is 7.11 Å². The predicted molar refractivity (Wildman–Crippen MR) is 96.6 cm³/mol. The molecule has 0 unspecified atom stereocenters. The van der Waals surface area contributed by atoms with Gasteiger partial charge in [-0.1, -0.05) is 35.5 Å². The quantitative estimate of drug-likeness (QED) is 0.551. The van der Waals surface area contributed by atoms with Gasteiger partial charge in [-0.15, -0.1) is 5.10 Å². The van der Waals surface area contributed by atoms with Gasteiger partial charge in [0.15, 0.2) is 6.73 Å². The molecule has 4 rings (SSSR count). The van der Waals surface area contributed by atoms with Gasteiger partial charge in [0.2, 0.25) is 0 Å². The third kappa shape index (κ3) is 3.30. The monoisotopic (exact) mass is 331 g/mol. The molecule has 1 aromatic heterocycles. The summed E-state index contributed by atoms with van der Waals surface area (Å²) in [5.74, 6) is 1.62. The smallest absolute Gasteiger partial charge is 0.182 e. The molecule has 0 saturated carbocycles. The molecule has 0 aliphatic heterocycles. The molecule has 1 heterocycles. The van der Waals surface area contributed by atoms with E-state index in [1.54, 1.807) is 11.8 Å². The highest BCUT2D eigenvalue weighted by Crippen LogP contribution is 2.22. The number of ether oxygens (including phenoxy) is 2. The van der Waals surface area contributed by atoms with Crippen molar-refractivity contribution in [3.05, 3.63) is 72.9 Å². The summed E-state index contributed by atoms with van der Waals surface area (Å²) in [6.07, 6.45) is 1.86. The highest BCUT2D eigenvalue weighted by molar-refractivity contribution is 5.83. The van der Waals surface area contributed by atoms with Crippen LogP contribution in [0, 0.1) is 0 Å². The van der Waals surface area contributed by atoms with Crippen molar-refractivity contribution >= 4 is 10.8 Å². The lowest BCUT2D eigenvalue weighted by Gasteiger charge is -2.06. The van der Waals surface area contributed by atoms with Gasteiger partial charge < -0.3 is 9.47 Å². The molecular formula is C20H17N3O2. The molecule has 0 radical (unpaired) electrons. The Labute approximate surface area is 145 Å². The SMILES string of the molecule is COc1ccc(-c2cn(COc3ccc4ccccc4c3)nn2)cc1. The minimum Gasteiger partial charge on any atom is -0.497 e. The Bertz CT molecular complexity index is 993. The van der Waals surface area contributed by atoms with Gasteiger partial charge in [-0.05, 0) is 47.2 Å². The van der Waals surface area contributed by atoms with Crippen molar-refractivity contribution in [3.8, 4) is 22.8 Å². The van der Waals surface area contributed by atoms with E-state index in [0.717, 1.165) is 28.1 Å². The topological polar surface area (TPSA) is 49.2 Å². The average Bonchev–Trinajstić information content (AvgIpc) is 3.15. The van der Waals surface area contributed by atoms with Crippen LogP contribution in [0.15, 0.2) is 72.9 Å². The minimum absolute atomic E-state index is 0.307. The zero-order chi connectivity index (χ0) is 17.1. The van der Waals surface area contributed by atoms with E-state index in [-0.39, 0.29) is 0 Å². The normalized spacial score (nSPS) is 10.8. The van der Waals surface area contributed by atoms with Crippen LogP contribution in [0.1, 0.15) is 0 Å². The molecule has 0 atom stereocenters. The van der Waals surface area contributed by atoms with E-state index in [1.807, 2.05) is 54.7 Å². The maximum atomic E-state index is 5.83. The summed E-state index contributed by atoms with van der Waals surface area (Å²) in [5.41, 5.74) is 1.78. The summed E-state index contributed by atoms with van der Waals surface area (Å²) < 4.78 is 12.7. The molecule has 0 amide bonds. The molecule has 124 valence electrons. The number of fused-ring (bicyclic) bond motifs is 1. The van der Waals surface area contributed by atoms with E-state index >= 15 is 0 Å². The van der Waals surface area contributed by atoms with E-state index in [0.29, 0.717) is 6.73 Å². The first kappa shape index (κ1) is 15.2. The first-order valence-corrected chi connectivity index (χ1v) is 7.98. The Kier molecular flexibility index (Phi) is 4.04. The molecule has 25 heavy (non-hydrogen) atoms. The lowest BCUT2D eigenvalue weighted by molar-refractivity contribution is 0.218. The average molecular weight is 331 g/mol. The van der Waals surface area contributed by atoms with Crippen LogP contribution in [-0.2, 0) is 6.73 Å². The number of hydrogen-bond acceptors (Lipinski definition) is 4. The second kappa shape index (κ2) is 6.65. The third-order valence-electron chi connectivity index (χ3n) is 4.01. The number of hydrogen-bond donors (Lipinski definition) is 0. The number of nitrogens with zero attached hydrogens (tertiary/aromatic N) is 3. The first-order valence-electron chi connectivity index (χ1n) is 7.98. The van der Waals surface area contributed by atoms with Gasteiger partial charge in [-0.3, -0.25) is 0 Å². The van der Waals surface area contributed by atoms with Crippen LogP contribution in [0.5, 0.6) is 11.5 Å². The van der Waals surface area contributed by atoms with E-state index < -0.39 is 0 Å². The van der Waals surface area contributed by atoms with Crippen LogP contribution in [0.4, 0.5) is 0 Å². The van der Waals surface area contributed by atoms with Gasteiger partial charge in [0.25, 0.3) is 0 Å². The van der Waals surface area contributed by atoms with Crippen molar-refractivity contribution in [1.82, 2.24) is 15.0 Å². The van der Waals surface area contributed by atoms with E-state index in [4.69, 9.17) is 9.47 Å². The van der Waals surface area contributed by atoms with Crippen molar-refractivity contribution in [3.63, 3.8) is 0 Å².